The zero-order valence-electron chi connectivity index (χ0n) is 7.49. The lowest BCUT2D eigenvalue weighted by molar-refractivity contribution is -0.144. The monoisotopic (exact) mass is 183 g/mol. The van der Waals surface area contributed by atoms with Crippen molar-refractivity contribution < 1.29 is 13.2 Å². The van der Waals surface area contributed by atoms with Crippen LogP contribution >= 0.6 is 0 Å². The van der Waals surface area contributed by atoms with Gasteiger partial charge in [0, 0.05) is 6.42 Å². The molecule has 0 aliphatic rings. The van der Waals surface area contributed by atoms with Crippen molar-refractivity contribution in [1.82, 2.24) is 0 Å². The highest BCUT2D eigenvalue weighted by Gasteiger charge is 2.31. The van der Waals surface area contributed by atoms with Crippen molar-refractivity contribution >= 4 is 0 Å². The van der Waals surface area contributed by atoms with Crippen molar-refractivity contribution in [3.8, 4) is 0 Å². The van der Waals surface area contributed by atoms with Gasteiger partial charge in [0.2, 0.25) is 0 Å². The highest BCUT2D eigenvalue weighted by Crippen LogP contribution is 2.27. The summed E-state index contributed by atoms with van der Waals surface area (Å²) in [5.41, 5.74) is 5.23. The van der Waals surface area contributed by atoms with Gasteiger partial charge in [0.15, 0.2) is 0 Å². The van der Waals surface area contributed by atoms with Gasteiger partial charge >= 0.3 is 6.18 Å². The molecule has 0 aromatic heterocycles. The van der Waals surface area contributed by atoms with E-state index in [2.05, 4.69) is 0 Å². The summed E-state index contributed by atoms with van der Waals surface area (Å²) >= 11 is 0. The van der Waals surface area contributed by atoms with Crippen LogP contribution in [0.25, 0.3) is 0 Å². The van der Waals surface area contributed by atoms with Gasteiger partial charge < -0.3 is 5.73 Å². The summed E-state index contributed by atoms with van der Waals surface area (Å²) in [6.45, 7) is 3.93. The smallest absolute Gasteiger partial charge is 0.330 e. The summed E-state index contributed by atoms with van der Waals surface area (Å²) in [4.78, 5) is 0. The fourth-order valence-electron chi connectivity index (χ4n) is 1.26. The normalized spacial score (nSPS) is 15.2. The lowest BCUT2D eigenvalue weighted by Crippen LogP contribution is -2.23. The second-order valence-electron chi connectivity index (χ2n) is 3.55. The van der Waals surface area contributed by atoms with Crippen LogP contribution in [0.5, 0.6) is 0 Å². The number of alkyl halides is 3. The van der Waals surface area contributed by atoms with Crippen molar-refractivity contribution in [2.24, 2.45) is 17.6 Å². The van der Waals surface area contributed by atoms with Gasteiger partial charge in [-0.05, 0) is 24.8 Å². The molecule has 0 aromatic carbocycles. The molecule has 0 saturated carbocycles. The standard InChI is InChI=1S/C8H16F3N/c1-6(2)3-7(5-12)4-8(9,10)11/h6-7H,3-5,12H2,1-2H3. The summed E-state index contributed by atoms with van der Waals surface area (Å²) in [6, 6.07) is 0. The molecule has 0 aromatic rings. The van der Waals surface area contributed by atoms with Crippen molar-refractivity contribution in [2.75, 3.05) is 6.54 Å². The van der Waals surface area contributed by atoms with Crippen LogP contribution in [0.3, 0.4) is 0 Å². The summed E-state index contributed by atoms with van der Waals surface area (Å²) < 4.78 is 35.7. The van der Waals surface area contributed by atoms with Crippen molar-refractivity contribution in [1.29, 1.82) is 0 Å². The molecule has 0 fully saturated rings. The maximum Gasteiger partial charge on any atom is 0.389 e. The summed E-state index contributed by atoms with van der Waals surface area (Å²) in [5, 5.41) is 0. The third-order valence-electron chi connectivity index (χ3n) is 1.66. The Morgan fingerprint density at radius 2 is 1.75 bits per heavy atom. The minimum Gasteiger partial charge on any atom is -0.330 e. The van der Waals surface area contributed by atoms with Crippen molar-refractivity contribution in [3.63, 3.8) is 0 Å². The number of hydrogen-bond acceptors (Lipinski definition) is 1. The van der Waals surface area contributed by atoms with E-state index in [1.54, 1.807) is 0 Å². The minimum absolute atomic E-state index is 0.123. The molecule has 1 unspecified atom stereocenters. The maximum atomic E-state index is 11.9. The van der Waals surface area contributed by atoms with Crippen LogP contribution in [0.4, 0.5) is 13.2 Å². The van der Waals surface area contributed by atoms with E-state index in [-0.39, 0.29) is 12.5 Å². The Morgan fingerprint density at radius 1 is 1.25 bits per heavy atom. The van der Waals surface area contributed by atoms with Gasteiger partial charge in [-0.1, -0.05) is 13.8 Å². The molecule has 12 heavy (non-hydrogen) atoms. The Hall–Kier alpha value is -0.250. The predicted molar refractivity (Wildman–Crippen MR) is 42.7 cm³/mol. The Balaban J connectivity index is 3.83. The van der Waals surface area contributed by atoms with E-state index in [4.69, 9.17) is 5.73 Å². The Morgan fingerprint density at radius 3 is 2.00 bits per heavy atom. The number of nitrogens with two attached hydrogens (primary N) is 1. The molecule has 74 valence electrons. The average Bonchev–Trinajstić information content (AvgIpc) is 1.82. The predicted octanol–water partition coefficient (Wildman–Crippen LogP) is 2.56. The molecular formula is C8H16F3N. The van der Waals surface area contributed by atoms with Gasteiger partial charge in [0.05, 0.1) is 0 Å². The molecule has 0 amide bonds. The second-order valence-corrected chi connectivity index (χ2v) is 3.55. The third kappa shape index (κ3) is 6.46. The lowest BCUT2D eigenvalue weighted by Gasteiger charge is -2.18. The van der Waals surface area contributed by atoms with Gasteiger partial charge in [0.25, 0.3) is 0 Å². The maximum absolute atomic E-state index is 11.9. The molecule has 0 rings (SSSR count). The van der Waals surface area contributed by atoms with E-state index in [0.29, 0.717) is 6.42 Å². The first-order valence-electron chi connectivity index (χ1n) is 4.12. The van der Waals surface area contributed by atoms with Crippen LogP contribution < -0.4 is 5.73 Å². The van der Waals surface area contributed by atoms with Gasteiger partial charge in [0.1, 0.15) is 0 Å². The van der Waals surface area contributed by atoms with Gasteiger partial charge in [-0.15, -0.1) is 0 Å². The second kappa shape index (κ2) is 4.70. The summed E-state index contributed by atoms with van der Waals surface area (Å²) in [7, 11) is 0. The molecule has 2 N–H and O–H groups in total. The van der Waals surface area contributed by atoms with Gasteiger partial charge in [-0.3, -0.25) is 0 Å². The van der Waals surface area contributed by atoms with E-state index in [1.165, 1.54) is 0 Å². The Labute approximate surface area is 71.1 Å². The molecule has 0 bridgehead atoms. The van der Waals surface area contributed by atoms with E-state index in [9.17, 15) is 13.2 Å². The number of halogens is 3. The molecule has 0 saturated heterocycles. The average molecular weight is 183 g/mol. The molecule has 0 heterocycles. The number of rotatable bonds is 4. The first kappa shape index (κ1) is 11.8. The van der Waals surface area contributed by atoms with Crippen LogP contribution in [0.1, 0.15) is 26.7 Å². The molecule has 0 aliphatic heterocycles. The highest BCUT2D eigenvalue weighted by molar-refractivity contribution is 4.66. The molecule has 1 nitrogen and oxygen atoms in total. The molecule has 0 spiro atoms. The van der Waals surface area contributed by atoms with Crippen LogP contribution in [0.15, 0.2) is 0 Å². The van der Waals surface area contributed by atoms with E-state index < -0.39 is 18.5 Å². The summed E-state index contributed by atoms with van der Waals surface area (Å²) in [6.07, 6.45) is -4.27. The highest BCUT2D eigenvalue weighted by atomic mass is 19.4. The van der Waals surface area contributed by atoms with Crippen molar-refractivity contribution in [3.05, 3.63) is 0 Å². The first-order chi connectivity index (χ1) is 5.35. The van der Waals surface area contributed by atoms with Crippen LogP contribution in [0, 0.1) is 11.8 Å². The molecule has 1 atom stereocenters. The fraction of sp³-hybridized carbons (Fsp3) is 1.00. The van der Waals surface area contributed by atoms with Crippen LogP contribution in [-0.4, -0.2) is 12.7 Å². The first-order valence-corrected chi connectivity index (χ1v) is 4.12. The van der Waals surface area contributed by atoms with Crippen molar-refractivity contribution in [2.45, 2.75) is 32.9 Å². The van der Waals surface area contributed by atoms with E-state index in [0.717, 1.165) is 0 Å². The topological polar surface area (TPSA) is 26.0 Å². The molecule has 0 radical (unpaired) electrons. The van der Waals surface area contributed by atoms with E-state index >= 15 is 0 Å². The minimum atomic E-state index is -4.07. The molecular weight excluding hydrogens is 167 g/mol. The van der Waals surface area contributed by atoms with Crippen LogP contribution in [0.2, 0.25) is 0 Å². The SMILES string of the molecule is CC(C)CC(CN)CC(F)(F)F. The number of hydrogen-bond donors (Lipinski definition) is 1. The fourth-order valence-corrected chi connectivity index (χ4v) is 1.26. The zero-order valence-corrected chi connectivity index (χ0v) is 7.49. The molecule has 0 aliphatic carbocycles. The Kier molecular flexibility index (Phi) is 4.60. The zero-order chi connectivity index (χ0) is 9.78. The lowest BCUT2D eigenvalue weighted by atomic mass is 9.94. The Bertz CT molecular complexity index is 120. The van der Waals surface area contributed by atoms with Gasteiger partial charge in [-0.2, -0.15) is 13.2 Å². The van der Waals surface area contributed by atoms with E-state index in [1.807, 2.05) is 13.8 Å². The molecule has 4 heteroatoms. The van der Waals surface area contributed by atoms with Gasteiger partial charge in [-0.25, -0.2) is 0 Å². The largest absolute Gasteiger partial charge is 0.389 e. The third-order valence-corrected chi connectivity index (χ3v) is 1.66. The summed E-state index contributed by atoms with van der Waals surface area (Å²) in [5.74, 6) is -0.133. The van der Waals surface area contributed by atoms with Crippen LogP contribution in [-0.2, 0) is 0 Å². The quantitative estimate of drug-likeness (QED) is 0.712.